The van der Waals surface area contributed by atoms with Crippen molar-refractivity contribution in [3.05, 3.63) is 54.1 Å². The Morgan fingerprint density at radius 2 is 1.81 bits per heavy atom. The zero-order chi connectivity index (χ0) is 15.5. The first-order valence-corrected chi connectivity index (χ1v) is 7.97. The molecule has 0 atom stereocenters. The van der Waals surface area contributed by atoms with Gasteiger partial charge in [-0.2, -0.15) is 0 Å². The molecule has 110 valence electrons. The van der Waals surface area contributed by atoms with E-state index in [1.165, 1.54) is 12.1 Å². The first kappa shape index (κ1) is 15.1. The van der Waals surface area contributed by atoms with Gasteiger partial charge in [-0.3, -0.25) is 4.79 Å². The van der Waals surface area contributed by atoms with Crippen LogP contribution in [0.3, 0.4) is 0 Å². The zero-order valence-corrected chi connectivity index (χ0v) is 12.4. The van der Waals surface area contributed by atoms with Gasteiger partial charge < -0.3 is 11.1 Å². The lowest BCUT2D eigenvalue weighted by atomic mass is 10.2. The molecule has 0 aliphatic carbocycles. The highest BCUT2D eigenvalue weighted by molar-refractivity contribution is 7.92. The molecule has 0 aliphatic rings. The number of rotatable bonds is 4. The summed E-state index contributed by atoms with van der Waals surface area (Å²) in [5.41, 5.74) is 7.52. The molecular weight excluding hydrogens is 288 g/mol. The van der Waals surface area contributed by atoms with Gasteiger partial charge in [0.15, 0.2) is 9.84 Å². The number of aryl methyl sites for hydroxylation is 1. The van der Waals surface area contributed by atoms with Gasteiger partial charge in [0.05, 0.1) is 4.90 Å². The van der Waals surface area contributed by atoms with Crippen LogP contribution in [0.1, 0.15) is 5.56 Å². The Kier molecular flexibility index (Phi) is 4.28. The van der Waals surface area contributed by atoms with E-state index in [2.05, 4.69) is 5.32 Å². The van der Waals surface area contributed by atoms with Crippen LogP contribution in [0, 0.1) is 6.92 Å². The second kappa shape index (κ2) is 5.97. The molecule has 0 saturated heterocycles. The Morgan fingerprint density at radius 3 is 2.43 bits per heavy atom. The van der Waals surface area contributed by atoms with Crippen molar-refractivity contribution < 1.29 is 13.2 Å². The number of nitrogens with two attached hydrogens (primary N) is 1. The molecule has 2 aromatic carbocycles. The predicted octanol–water partition coefficient (Wildman–Crippen LogP) is 1.99. The minimum atomic E-state index is -3.70. The smallest absolute Gasteiger partial charge is 0.239 e. The van der Waals surface area contributed by atoms with Gasteiger partial charge in [0.25, 0.3) is 0 Å². The van der Waals surface area contributed by atoms with Crippen LogP contribution in [0.5, 0.6) is 0 Å². The second-order valence-corrected chi connectivity index (χ2v) is 6.74. The van der Waals surface area contributed by atoms with Crippen LogP contribution in [0.2, 0.25) is 0 Å². The molecule has 0 radical (unpaired) electrons. The van der Waals surface area contributed by atoms with Crippen molar-refractivity contribution in [2.75, 3.05) is 16.8 Å². The van der Waals surface area contributed by atoms with E-state index >= 15 is 0 Å². The second-order valence-electron chi connectivity index (χ2n) is 4.75. The van der Waals surface area contributed by atoms with Crippen LogP contribution < -0.4 is 11.1 Å². The first-order chi connectivity index (χ1) is 9.87. The van der Waals surface area contributed by atoms with Gasteiger partial charge in [-0.1, -0.05) is 23.8 Å². The van der Waals surface area contributed by atoms with E-state index in [0.29, 0.717) is 11.4 Å². The van der Waals surface area contributed by atoms with Crippen LogP contribution >= 0.6 is 0 Å². The van der Waals surface area contributed by atoms with Crippen LogP contribution in [-0.4, -0.2) is 20.1 Å². The van der Waals surface area contributed by atoms with Gasteiger partial charge in [0.2, 0.25) is 5.91 Å². The normalized spacial score (nSPS) is 11.1. The number of nitrogen functional groups attached to an aromatic ring is 1. The van der Waals surface area contributed by atoms with E-state index in [9.17, 15) is 13.2 Å². The summed E-state index contributed by atoms with van der Waals surface area (Å²) in [5.74, 6) is -1.20. The van der Waals surface area contributed by atoms with Crippen molar-refractivity contribution in [3.63, 3.8) is 0 Å². The highest BCUT2D eigenvalue weighted by Gasteiger charge is 2.19. The third-order valence-corrected chi connectivity index (χ3v) is 4.49. The largest absolute Gasteiger partial charge is 0.399 e. The molecule has 21 heavy (non-hydrogen) atoms. The average Bonchev–Trinajstić information content (AvgIpc) is 2.41. The molecule has 0 aromatic heterocycles. The van der Waals surface area contributed by atoms with E-state index in [1.54, 1.807) is 24.3 Å². The number of sulfone groups is 1. The number of hydrogen-bond acceptors (Lipinski definition) is 4. The Labute approximate surface area is 123 Å². The van der Waals surface area contributed by atoms with Crippen molar-refractivity contribution >= 4 is 27.1 Å². The van der Waals surface area contributed by atoms with Crippen LogP contribution in [-0.2, 0) is 14.6 Å². The standard InChI is InChI=1S/C15H16N2O3S/c1-11-5-7-13(8-6-11)17-15(18)10-21(19,20)14-4-2-3-12(16)9-14/h2-9H,10,16H2,1H3,(H,17,18). The Balaban J connectivity index is 2.09. The van der Waals surface area contributed by atoms with E-state index < -0.39 is 21.5 Å². The SMILES string of the molecule is Cc1ccc(NC(=O)CS(=O)(=O)c2cccc(N)c2)cc1. The van der Waals surface area contributed by atoms with E-state index in [4.69, 9.17) is 5.73 Å². The van der Waals surface area contributed by atoms with Crippen molar-refractivity contribution in [1.82, 2.24) is 0 Å². The fraction of sp³-hybridized carbons (Fsp3) is 0.133. The Morgan fingerprint density at radius 1 is 1.14 bits per heavy atom. The summed E-state index contributed by atoms with van der Waals surface area (Å²) in [4.78, 5) is 11.9. The highest BCUT2D eigenvalue weighted by Crippen LogP contribution is 2.15. The molecule has 3 N–H and O–H groups in total. The summed E-state index contributed by atoms with van der Waals surface area (Å²) >= 11 is 0. The summed E-state index contributed by atoms with van der Waals surface area (Å²) < 4.78 is 24.2. The lowest BCUT2D eigenvalue weighted by Gasteiger charge is -2.07. The maximum absolute atomic E-state index is 12.1. The third kappa shape index (κ3) is 4.06. The number of nitrogens with one attached hydrogen (secondary N) is 1. The van der Waals surface area contributed by atoms with Crippen molar-refractivity contribution in [3.8, 4) is 0 Å². The van der Waals surface area contributed by atoms with Crippen LogP contribution in [0.25, 0.3) is 0 Å². The number of carbonyl (C=O) groups is 1. The summed E-state index contributed by atoms with van der Waals surface area (Å²) in [6.07, 6.45) is 0. The molecule has 1 amide bonds. The van der Waals surface area contributed by atoms with Crippen molar-refractivity contribution in [2.45, 2.75) is 11.8 Å². The predicted molar refractivity (Wildman–Crippen MR) is 82.7 cm³/mol. The van der Waals surface area contributed by atoms with Gasteiger partial charge in [-0.15, -0.1) is 0 Å². The molecule has 0 unspecified atom stereocenters. The number of benzene rings is 2. The lowest BCUT2D eigenvalue weighted by molar-refractivity contribution is -0.113. The fourth-order valence-electron chi connectivity index (χ4n) is 1.80. The van der Waals surface area contributed by atoms with Gasteiger partial charge in [0.1, 0.15) is 5.75 Å². The van der Waals surface area contributed by atoms with Gasteiger partial charge in [-0.05, 0) is 37.3 Å². The molecule has 0 saturated carbocycles. The van der Waals surface area contributed by atoms with E-state index in [0.717, 1.165) is 5.56 Å². The topological polar surface area (TPSA) is 89.3 Å². The minimum Gasteiger partial charge on any atom is -0.399 e. The maximum atomic E-state index is 12.1. The monoisotopic (exact) mass is 304 g/mol. The highest BCUT2D eigenvalue weighted by atomic mass is 32.2. The molecule has 0 bridgehead atoms. The summed E-state index contributed by atoms with van der Waals surface area (Å²) in [5, 5.41) is 2.56. The maximum Gasteiger partial charge on any atom is 0.239 e. The molecule has 2 rings (SSSR count). The number of amides is 1. The van der Waals surface area contributed by atoms with Gasteiger partial charge >= 0.3 is 0 Å². The van der Waals surface area contributed by atoms with Gasteiger partial charge in [-0.25, -0.2) is 8.42 Å². The summed E-state index contributed by atoms with van der Waals surface area (Å²) in [6, 6.07) is 13.0. The van der Waals surface area contributed by atoms with E-state index in [-0.39, 0.29) is 4.90 Å². The number of hydrogen-bond donors (Lipinski definition) is 2. The molecular formula is C15H16N2O3S. The minimum absolute atomic E-state index is 0.0431. The van der Waals surface area contributed by atoms with Crippen LogP contribution in [0.15, 0.2) is 53.4 Å². The van der Waals surface area contributed by atoms with Crippen LogP contribution in [0.4, 0.5) is 11.4 Å². The first-order valence-electron chi connectivity index (χ1n) is 6.32. The fourth-order valence-corrected chi connectivity index (χ4v) is 2.98. The van der Waals surface area contributed by atoms with Gasteiger partial charge in [0, 0.05) is 11.4 Å². The summed E-state index contributed by atoms with van der Waals surface area (Å²) in [6.45, 7) is 1.93. The molecule has 6 heteroatoms. The van der Waals surface area contributed by atoms with Crippen molar-refractivity contribution in [1.29, 1.82) is 0 Å². The molecule has 0 aliphatic heterocycles. The lowest BCUT2D eigenvalue weighted by Crippen LogP contribution is -2.23. The Bertz CT molecular complexity index is 753. The quantitative estimate of drug-likeness (QED) is 0.845. The molecule has 2 aromatic rings. The molecule has 0 fully saturated rings. The average molecular weight is 304 g/mol. The number of carbonyl (C=O) groups excluding carboxylic acids is 1. The third-order valence-electron chi connectivity index (χ3n) is 2.87. The van der Waals surface area contributed by atoms with E-state index in [1.807, 2.05) is 19.1 Å². The molecule has 0 heterocycles. The zero-order valence-electron chi connectivity index (χ0n) is 11.5. The summed E-state index contributed by atoms with van der Waals surface area (Å²) in [7, 11) is -3.70. The molecule has 5 nitrogen and oxygen atoms in total. The van der Waals surface area contributed by atoms with Crippen molar-refractivity contribution in [2.24, 2.45) is 0 Å². The number of anilines is 2. The Hall–Kier alpha value is -2.34. The molecule has 0 spiro atoms.